The molecule has 2 aromatic carbocycles. The lowest BCUT2D eigenvalue weighted by Crippen LogP contribution is -2.00. The summed E-state index contributed by atoms with van der Waals surface area (Å²) in [6.07, 6.45) is 3.78. The van der Waals surface area contributed by atoms with Crippen molar-refractivity contribution in [3.05, 3.63) is 48.8 Å². The van der Waals surface area contributed by atoms with Gasteiger partial charge in [-0.25, -0.2) is 9.97 Å². The van der Waals surface area contributed by atoms with Gasteiger partial charge >= 0.3 is 0 Å². The zero-order valence-corrected chi connectivity index (χ0v) is 16.8. The third kappa shape index (κ3) is 3.20. The summed E-state index contributed by atoms with van der Waals surface area (Å²) in [6.45, 7) is 0. The van der Waals surface area contributed by atoms with E-state index in [2.05, 4.69) is 38.8 Å². The van der Waals surface area contributed by atoms with Crippen LogP contribution in [0.25, 0.3) is 33.3 Å². The molecule has 0 atom stereocenters. The molecule has 0 aliphatic rings. The molecule has 7 heteroatoms. The average Bonchev–Trinajstić information content (AvgIpc) is 3.12. The minimum atomic E-state index is 0.193. The maximum absolute atomic E-state index is 5.92. The number of benzene rings is 2. The summed E-state index contributed by atoms with van der Waals surface area (Å²) in [4.78, 5) is 8.74. The monoisotopic (exact) mass is 390 g/mol. The fourth-order valence-corrected chi connectivity index (χ4v) is 3.49. The van der Waals surface area contributed by atoms with Crippen molar-refractivity contribution in [1.82, 2.24) is 14.5 Å². The smallest absolute Gasteiger partial charge is 0.220 e. The lowest BCUT2D eigenvalue weighted by molar-refractivity contribution is 0.324. The minimum absolute atomic E-state index is 0.193. The van der Waals surface area contributed by atoms with Gasteiger partial charge in [0.25, 0.3) is 0 Å². The van der Waals surface area contributed by atoms with Crippen molar-refractivity contribution in [2.45, 2.75) is 0 Å². The van der Waals surface area contributed by atoms with Gasteiger partial charge in [-0.05, 0) is 35.9 Å². The number of aromatic nitrogens is 3. The van der Waals surface area contributed by atoms with Crippen LogP contribution in [-0.2, 0) is 7.05 Å². The molecule has 0 saturated carbocycles. The van der Waals surface area contributed by atoms with Crippen LogP contribution in [-0.4, -0.2) is 35.9 Å². The first-order chi connectivity index (χ1) is 14.0. The van der Waals surface area contributed by atoms with Gasteiger partial charge < -0.3 is 24.5 Å². The van der Waals surface area contributed by atoms with Gasteiger partial charge in [-0.1, -0.05) is 6.07 Å². The molecule has 0 spiro atoms. The summed E-state index contributed by atoms with van der Waals surface area (Å²) in [6, 6.07) is 12.0. The molecule has 0 radical (unpaired) electrons. The number of hydrogen-bond donors (Lipinski definition) is 1. The van der Waals surface area contributed by atoms with E-state index in [1.807, 2.05) is 25.4 Å². The van der Waals surface area contributed by atoms with Crippen molar-refractivity contribution in [3.8, 4) is 39.6 Å². The van der Waals surface area contributed by atoms with Gasteiger partial charge in [0, 0.05) is 41.5 Å². The van der Waals surface area contributed by atoms with E-state index in [1.165, 1.54) is 0 Å². The molecule has 148 valence electrons. The summed E-state index contributed by atoms with van der Waals surface area (Å²) in [5.41, 5.74) is 10.4. The Balaban J connectivity index is 1.94. The van der Waals surface area contributed by atoms with Crippen LogP contribution in [0.15, 0.2) is 48.8 Å². The molecule has 4 aromatic rings. The lowest BCUT2D eigenvalue weighted by Gasteiger charge is -2.16. The van der Waals surface area contributed by atoms with Crippen molar-refractivity contribution >= 4 is 16.9 Å². The Morgan fingerprint density at radius 2 is 1.62 bits per heavy atom. The van der Waals surface area contributed by atoms with Crippen molar-refractivity contribution in [3.63, 3.8) is 0 Å². The normalized spacial score (nSPS) is 10.9. The van der Waals surface area contributed by atoms with Crippen LogP contribution in [0.2, 0.25) is 0 Å². The van der Waals surface area contributed by atoms with E-state index in [0.29, 0.717) is 22.9 Å². The number of nitrogens with zero attached hydrogens (tertiary/aromatic N) is 3. The Morgan fingerprint density at radius 1 is 0.897 bits per heavy atom. The molecule has 29 heavy (non-hydrogen) atoms. The number of methoxy groups -OCH3 is 3. The highest BCUT2D eigenvalue weighted by atomic mass is 16.5. The Labute approximate surface area is 168 Å². The summed E-state index contributed by atoms with van der Waals surface area (Å²) >= 11 is 0. The summed E-state index contributed by atoms with van der Waals surface area (Å²) in [7, 11) is 6.76. The lowest BCUT2D eigenvalue weighted by atomic mass is 9.99. The van der Waals surface area contributed by atoms with Crippen LogP contribution in [0.3, 0.4) is 0 Å². The first kappa shape index (κ1) is 18.6. The molecular weight excluding hydrogens is 368 g/mol. The first-order valence-electron chi connectivity index (χ1n) is 9.04. The highest BCUT2D eigenvalue weighted by Gasteiger charge is 2.18. The topological polar surface area (TPSA) is 84.4 Å². The molecule has 2 aromatic heterocycles. The van der Waals surface area contributed by atoms with Gasteiger partial charge in [-0.15, -0.1) is 0 Å². The van der Waals surface area contributed by atoms with Crippen molar-refractivity contribution < 1.29 is 14.2 Å². The second kappa shape index (κ2) is 7.35. The molecule has 0 aliphatic heterocycles. The summed E-state index contributed by atoms with van der Waals surface area (Å²) < 4.78 is 18.5. The minimum Gasteiger partial charge on any atom is -0.493 e. The number of aryl methyl sites for hydroxylation is 1. The third-order valence-corrected chi connectivity index (χ3v) is 4.94. The number of fused-ring (bicyclic) bond motifs is 1. The zero-order valence-electron chi connectivity index (χ0n) is 16.8. The Kier molecular flexibility index (Phi) is 4.72. The molecule has 0 bridgehead atoms. The highest BCUT2D eigenvalue weighted by molar-refractivity contribution is 5.89. The van der Waals surface area contributed by atoms with Crippen LogP contribution in [0.5, 0.6) is 17.2 Å². The number of hydrogen-bond acceptors (Lipinski definition) is 6. The van der Waals surface area contributed by atoms with Gasteiger partial charge in [-0.3, -0.25) is 0 Å². The predicted octanol–water partition coefficient (Wildman–Crippen LogP) is 3.91. The van der Waals surface area contributed by atoms with Crippen LogP contribution in [0.4, 0.5) is 5.95 Å². The molecule has 0 fully saturated rings. The number of nitrogens with two attached hydrogens (primary N) is 1. The summed E-state index contributed by atoms with van der Waals surface area (Å²) in [5, 5.41) is 1.14. The first-order valence-corrected chi connectivity index (χ1v) is 9.04. The van der Waals surface area contributed by atoms with E-state index in [9.17, 15) is 0 Å². The van der Waals surface area contributed by atoms with E-state index >= 15 is 0 Å². The maximum Gasteiger partial charge on any atom is 0.220 e. The maximum atomic E-state index is 5.92. The largest absolute Gasteiger partial charge is 0.493 e. The number of ether oxygens (including phenoxy) is 3. The predicted molar refractivity (Wildman–Crippen MR) is 113 cm³/mol. The molecular formula is C22H22N4O3. The van der Waals surface area contributed by atoms with E-state index in [1.54, 1.807) is 27.5 Å². The molecule has 2 N–H and O–H groups in total. The van der Waals surface area contributed by atoms with Gasteiger partial charge in [0.2, 0.25) is 11.7 Å². The molecule has 0 aliphatic carbocycles. The SMILES string of the molecule is COc1cc(-c2nc(N)ncc2-c2ccc3c(ccn3C)c2)cc(OC)c1OC. The van der Waals surface area contributed by atoms with E-state index in [0.717, 1.165) is 27.6 Å². The number of rotatable bonds is 5. The van der Waals surface area contributed by atoms with Crippen LogP contribution in [0.1, 0.15) is 0 Å². The van der Waals surface area contributed by atoms with Crippen LogP contribution in [0, 0.1) is 0 Å². The summed E-state index contributed by atoms with van der Waals surface area (Å²) in [5.74, 6) is 1.80. The molecule has 0 amide bonds. The Morgan fingerprint density at radius 3 is 2.28 bits per heavy atom. The second-order valence-corrected chi connectivity index (χ2v) is 6.60. The van der Waals surface area contributed by atoms with Gasteiger partial charge in [0.15, 0.2) is 11.5 Å². The Hall–Kier alpha value is -3.74. The van der Waals surface area contributed by atoms with Gasteiger partial charge in [-0.2, -0.15) is 0 Å². The quantitative estimate of drug-likeness (QED) is 0.556. The average molecular weight is 390 g/mol. The van der Waals surface area contributed by atoms with Crippen molar-refractivity contribution in [1.29, 1.82) is 0 Å². The Bertz CT molecular complexity index is 1180. The van der Waals surface area contributed by atoms with Gasteiger partial charge in [0.1, 0.15) is 0 Å². The van der Waals surface area contributed by atoms with Crippen molar-refractivity contribution in [2.24, 2.45) is 7.05 Å². The van der Waals surface area contributed by atoms with Crippen molar-refractivity contribution in [2.75, 3.05) is 27.1 Å². The fourth-order valence-electron chi connectivity index (χ4n) is 3.49. The van der Waals surface area contributed by atoms with Gasteiger partial charge in [0.05, 0.1) is 27.0 Å². The highest BCUT2D eigenvalue weighted by Crippen LogP contribution is 2.43. The fraction of sp³-hybridized carbons (Fsp3) is 0.182. The van der Waals surface area contributed by atoms with E-state index < -0.39 is 0 Å². The molecule has 4 rings (SSSR count). The number of nitrogen functional groups attached to an aromatic ring is 1. The standard InChI is InChI=1S/C22H22N4O3/c1-26-8-7-14-9-13(5-6-17(14)26)16-12-24-22(23)25-20(16)15-10-18(27-2)21(29-4)19(11-15)28-3/h5-12H,1-4H3,(H2,23,24,25). The van der Waals surface area contributed by atoms with Crippen LogP contribution < -0.4 is 19.9 Å². The van der Waals surface area contributed by atoms with E-state index in [-0.39, 0.29) is 5.95 Å². The molecule has 0 saturated heterocycles. The van der Waals surface area contributed by atoms with Crippen LogP contribution >= 0.6 is 0 Å². The third-order valence-electron chi connectivity index (χ3n) is 4.94. The second-order valence-electron chi connectivity index (χ2n) is 6.60. The molecule has 0 unspecified atom stereocenters. The molecule has 7 nitrogen and oxygen atoms in total. The number of anilines is 1. The zero-order chi connectivity index (χ0) is 20.5. The van der Waals surface area contributed by atoms with E-state index in [4.69, 9.17) is 19.9 Å². The molecule has 2 heterocycles.